The SMILES string of the molecule is CC1(C)c2ccccc2-c2ccc(N(c3ccc4oc5c(-c6cccc7c6oc6ccccc67)c6ccccc6cc5c4c3)c3ccc4c5ccccc5c5ccccc5c4c3)cc21. The molecular weight excluding hydrogens is 779 g/mol. The van der Waals surface area contributed by atoms with Crippen LogP contribution in [-0.4, -0.2) is 0 Å². The van der Waals surface area contributed by atoms with E-state index in [2.05, 4.69) is 207 Å². The van der Waals surface area contributed by atoms with Gasteiger partial charge in [-0.1, -0.05) is 159 Å². The number of fused-ring (bicyclic) bond motifs is 16. The molecule has 13 aromatic rings. The highest BCUT2D eigenvalue weighted by Gasteiger charge is 2.36. The number of hydrogen-bond donors (Lipinski definition) is 0. The van der Waals surface area contributed by atoms with Crippen LogP contribution < -0.4 is 4.90 Å². The van der Waals surface area contributed by atoms with Crippen LogP contribution in [0.3, 0.4) is 0 Å². The van der Waals surface area contributed by atoms with Gasteiger partial charge in [0.05, 0.1) is 0 Å². The predicted molar refractivity (Wildman–Crippen MR) is 269 cm³/mol. The van der Waals surface area contributed by atoms with Gasteiger partial charge >= 0.3 is 0 Å². The Labute approximate surface area is 369 Å². The average Bonchev–Trinajstić information content (AvgIpc) is 3.98. The number of para-hydroxylation sites is 2. The monoisotopic (exact) mass is 817 g/mol. The molecule has 1 aliphatic carbocycles. The minimum atomic E-state index is -0.156. The van der Waals surface area contributed by atoms with E-state index in [0.29, 0.717) is 0 Å². The average molecular weight is 818 g/mol. The third-order valence-corrected chi connectivity index (χ3v) is 14.2. The molecule has 0 saturated carbocycles. The van der Waals surface area contributed by atoms with Gasteiger partial charge in [0.2, 0.25) is 0 Å². The summed E-state index contributed by atoms with van der Waals surface area (Å²) in [6.45, 7) is 4.72. The van der Waals surface area contributed by atoms with E-state index in [1.165, 1.54) is 54.6 Å². The molecule has 0 saturated heterocycles. The standard InChI is InChI=1S/C61H39NO2/c1-61(2)54-24-11-9-20-46(54)47-30-27-39(35-55(47)61)62(37-26-29-45-43-18-6-5-16-41(43)42-17-7-8-19-44(42)51(45)33-37)38-28-31-57-52(34-38)53-32-36-14-3-4-15-40(36)58(60(53)64-57)50-23-13-22-49-48-21-10-12-25-56(48)63-59(49)50/h3-35H,1-2H3. The van der Waals surface area contributed by atoms with E-state index >= 15 is 0 Å². The Kier molecular flexibility index (Phi) is 7.17. The Morgan fingerprint density at radius 3 is 1.66 bits per heavy atom. The van der Waals surface area contributed by atoms with Gasteiger partial charge < -0.3 is 13.7 Å². The Morgan fingerprint density at radius 2 is 0.859 bits per heavy atom. The molecule has 1 aliphatic rings. The van der Waals surface area contributed by atoms with Gasteiger partial charge in [-0.2, -0.15) is 0 Å². The molecule has 0 unspecified atom stereocenters. The second-order valence-electron chi connectivity index (χ2n) is 18.0. The van der Waals surface area contributed by atoms with Crippen LogP contribution >= 0.6 is 0 Å². The molecule has 0 radical (unpaired) electrons. The lowest BCUT2D eigenvalue weighted by Gasteiger charge is -2.28. The van der Waals surface area contributed by atoms with E-state index in [9.17, 15) is 0 Å². The van der Waals surface area contributed by atoms with Crippen molar-refractivity contribution < 1.29 is 8.83 Å². The summed E-state index contributed by atoms with van der Waals surface area (Å²) >= 11 is 0. The van der Waals surface area contributed by atoms with Crippen LogP contribution in [0.1, 0.15) is 25.0 Å². The van der Waals surface area contributed by atoms with E-state index in [0.717, 1.165) is 82.8 Å². The first-order valence-electron chi connectivity index (χ1n) is 22.2. The van der Waals surface area contributed by atoms with Crippen molar-refractivity contribution in [3.63, 3.8) is 0 Å². The van der Waals surface area contributed by atoms with Gasteiger partial charge in [0.25, 0.3) is 0 Å². The van der Waals surface area contributed by atoms with Crippen molar-refractivity contribution >= 4 is 104 Å². The van der Waals surface area contributed by atoms with Gasteiger partial charge in [-0.05, 0) is 120 Å². The highest BCUT2D eigenvalue weighted by atomic mass is 16.3. The summed E-state index contributed by atoms with van der Waals surface area (Å²) in [6.07, 6.45) is 0. The zero-order valence-corrected chi connectivity index (χ0v) is 35.3. The Hall–Kier alpha value is -8.14. The molecule has 14 rings (SSSR count). The molecule has 0 spiro atoms. The van der Waals surface area contributed by atoms with Crippen LogP contribution in [0.2, 0.25) is 0 Å². The lowest BCUT2D eigenvalue weighted by molar-refractivity contribution is 0.660. The Bertz CT molecular complexity index is 4090. The zero-order valence-electron chi connectivity index (χ0n) is 35.3. The maximum Gasteiger partial charge on any atom is 0.144 e. The predicted octanol–water partition coefficient (Wildman–Crippen LogP) is 17.5. The van der Waals surface area contributed by atoms with Gasteiger partial charge in [-0.15, -0.1) is 0 Å². The molecule has 2 aromatic heterocycles. The largest absolute Gasteiger partial charge is 0.455 e. The number of furan rings is 2. The molecular formula is C61H39NO2. The quantitative estimate of drug-likeness (QED) is 0.166. The van der Waals surface area contributed by atoms with E-state index in [-0.39, 0.29) is 5.41 Å². The Balaban J connectivity index is 1.03. The first-order valence-corrected chi connectivity index (χ1v) is 22.2. The number of rotatable bonds is 4. The highest BCUT2D eigenvalue weighted by molar-refractivity contribution is 6.26. The summed E-state index contributed by atoms with van der Waals surface area (Å²) in [7, 11) is 0. The third kappa shape index (κ3) is 4.87. The number of benzene rings is 11. The molecule has 0 aliphatic heterocycles. The smallest absolute Gasteiger partial charge is 0.144 e. The van der Waals surface area contributed by atoms with Crippen molar-refractivity contribution in [3.8, 4) is 22.3 Å². The summed E-state index contributed by atoms with van der Waals surface area (Å²) in [6, 6.07) is 73.0. The molecule has 0 amide bonds. The molecule has 0 N–H and O–H groups in total. The van der Waals surface area contributed by atoms with E-state index in [1.807, 2.05) is 12.1 Å². The second-order valence-corrected chi connectivity index (χ2v) is 18.0. The fourth-order valence-electron chi connectivity index (χ4n) is 11.2. The van der Waals surface area contributed by atoms with Crippen molar-refractivity contribution in [2.75, 3.05) is 4.90 Å². The van der Waals surface area contributed by atoms with Gasteiger partial charge in [0.15, 0.2) is 0 Å². The summed E-state index contributed by atoms with van der Waals surface area (Å²) < 4.78 is 13.7. The summed E-state index contributed by atoms with van der Waals surface area (Å²) in [5, 5.41) is 14.1. The first kappa shape index (κ1) is 35.5. The molecule has 2 heterocycles. The van der Waals surface area contributed by atoms with E-state index < -0.39 is 0 Å². The van der Waals surface area contributed by atoms with Crippen LogP contribution in [0.25, 0.3) is 109 Å². The summed E-state index contributed by atoms with van der Waals surface area (Å²) in [5.41, 5.74) is 13.9. The number of nitrogens with zero attached hydrogens (tertiary/aromatic N) is 1. The van der Waals surface area contributed by atoms with Gasteiger partial charge in [-0.3, -0.25) is 0 Å². The van der Waals surface area contributed by atoms with Crippen molar-refractivity contribution in [2.24, 2.45) is 0 Å². The minimum Gasteiger partial charge on any atom is -0.455 e. The molecule has 64 heavy (non-hydrogen) atoms. The first-order chi connectivity index (χ1) is 31.5. The molecule has 0 bridgehead atoms. The molecule has 3 nitrogen and oxygen atoms in total. The van der Waals surface area contributed by atoms with E-state index in [1.54, 1.807) is 0 Å². The van der Waals surface area contributed by atoms with Crippen LogP contribution in [0.5, 0.6) is 0 Å². The van der Waals surface area contributed by atoms with Crippen LogP contribution in [0.4, 0.5) is 17.1 Å². The molecule has 3 heteroatoms. The second kappa shape index (κ2) is 12.9. The Morgan fingerprint density at radius 1 is 0.328 bits per heavy atom. The van der Waals surface area contributed by atoms with Crippen LogP contribution in [0, 0.1) is 0 Å². The van der Waals surface area contributed by atoms with Crippen molar-refractivity contribution in [1.29, 1.82) is 0 Å². The third-order valence-electron chi connectivity index (χ3n) is 14.2. The van der Waals surface area contributed by atoms with Crippen molar-refractivity contribution in [1.82, 2.24) is 0 Å². The molecule has 300 valence electrons. The van der Waals surface area contributed by atoms with Crippen LogP contribution in [-0.2, 0) is 5.41 Å². The fourth-order valence-corrected chi connectivity index (χ4v) is 11.2. The minimum absolute atomic E-state index is 0.156. The highest BCUT2D eigenvalue weighted by Crippen LogP contribution is 2.52. The van der Waals surface area contributed by atoms with Crippen molar-refractivity contribution in [2.45, 2.75) is 19.3 Å². The fraction of sp³-hybridized carbons (Fsp3) is 0.0492. The van der Waals surface area contributed by atoms with Crippen LogP contribution in [0.15, 0.2) is 209 Å². The topological polar surface area (TPSA) is 29.5 Å². The van der Waals surface area contributed by atoms with Gasteiger partial charge in [-0.25, -0.2) is 0 Å². The maximum atomic E-state index is 7.03. The van der Waals surface area contributed by atoms with Crippen molar-refractivity contribution in [3.05, 3.63) is 211 Å². The number of hydrogen-bond acceptors (Lipinski definition) is 3. The van der Waals surface area contributed by atoms with E-state index in [4.69, 9.17) is 8.83 Å². The normalized spacial score (nSPS) is 13.3. The summed E-state index contributed by atoms with van der Waals surface area (Å²) in [5.74, 6) is 0. The van der Waals surface area contributed by atoms with Gasteiger partial charge in [0.1, 0.15) is 22.3 Å². The molecule has 0 atom stereocenters. The lowest BCUT2D eigenvalue weighted by atomic mass is 9.82. The summed E-state index contributed by atoms with van der Waals surface area (Å²) in [4.78, 5) is 2.44. The van der Waals surface area contributed by atoms with Gasteiger partial charge in [0, 0.05) is 55.1 Å². The maximum absolute atomic E-state index is 7.03. The zero-order chi connectivity index (χ0) is 42.3. The lowest BCUT2D eigenvalue weighted by Crippen LogP contribution is -2.16. The number of anilines is 3. The molecule has 0 fully saturated rings. The molecule has 11 aromatic carbocycles.